The van der Waals surface area contributed by atoms with Gasteiger partial charge in [-0.1, -0.05) is 0 Å². The number of rotatable bonds is 9. The molecular weight excluding hydrogens is 408 g/mol. The van der Waals surface area contributed by atoms with Gasteiger partial charge in [-0.15, -0.1) is 0 Å². The van der Waals surface area contributed by atoms with Crippen LogP contribution in [0.3, 0.4) is 0 Å². The highest BCUT2D eigenvalue weighted by molar-refractivity contribution is 9.18. The lowest BCUT2D eigenvalue weighted by Crippen LogP contribution is -2.85. The summed E-state index contributed by atoms with van der Waals surface area (Å²) in [6.45, 7) is 0.484. The summed E-state index contributed by atoms with van der Waals surface area (Å²) in [7, 11) is 0. The Bertz CT molecular complexity index is 630. The molecule has 0 amide bonds. The topological polar surface area (TPSA) is 186 Å². The molecule has 0 fully saturated rings. The van der Waals surface area contributed by atoms with Crippen LogP contribution in [0.4, 0.5) is 0 Å². The molecular formula is C14H19BrO10. The van der Waals surface area contributed by atoms with Gasteiger partial charge in [0.05, 0.1) is 6.61 Å². The first-order valence-electron chi connectivity index (χ1n) is 6.77. The summed E-state index contributed by atoms with van der Waals surface area (Å²) in [5.74, 6) is -6.45. The van der Waals surface area contributed by atoms with E-state index >= 15 is 0 Å². The second-order valence-corrected chi connectivity index (χ2v) is 6.37. The van der Waals surface area contributed by atoms with Gasteiger partial charge in [-0.25, -0.2) is 0 Å². The van der Waals surface area contributed by atoms with E-state index in [1.165, 1.54) is 0 Å². The van der Waals surface area contributed by atoms with Crippen LogP contribution in [-0.2, 0) is 24.0 Å². The van der Waals surface area contributed by atoms with Crippen LogP contribution in [0.15, 0.2) is 0 Å². The van der Waals surface area contributed by atoms with Crippen LogP contribution in [0.25, 0.3) is 0 Å². The highest BCUT2D eigenvalue weighted by Crippen LogP contribution is 2.44. The standard InChI is InChI=1S/C14H19BrO10/c1-6(17)11(22,5-16)13(24,8(3)19)14(25,9(4)20)12(23,7(2)18)10(15)21/h16,22-25H,5H2,1-4H3/t11-,12+,13+,14+/m0/s1. The van der Waals surface area contributed by atoms with Gasteiger partial charge in [0.15, 0.2) is 28.7 Å². The molecule has 0 saturated carbocycles. The molecule has 10 nitrogen and oxygen atoms in total. The SMILES string of the molecule is CC(=O)[C@@](O)(C(=O)Br)[C@](O)(C(C)=O)[C@@](O)(C(C)=O)[C@](O)(CO)C(C)=O. The van der Waals surface area contributed by atoms with Crippen LogP contribution in [0.2, 0.25) is 0 Å². The van der Waals surface area contributed by atoms with E-state index in [9.17, 15) is 49.5 Å². The van der Waals surface area contributed by atoms with Gasteiger partial charge >= 0.3 is 0 Å². The second kappa shape index (κ2) is 7.09. The Hall–Kier alpha value is -1.37. The molecule has 0 aliphatic rings. The van der Waals surface area contributed by atoms with Crippen LogP contribution >= 0.6 is 15.9 Å². The van der Waals surface area contributed by atoms with Gasteiger partial charge in [-0.2, -0.15) is 0 Å². The molecule has 0 aromatic heterocycles. The van der Waals surface area contributed by atoms with Gasteiger partial charge in [0.1, 0.15) is 0 Å². The minimum absolute atomic E-state index is 0.496. The third-order valence-corrected chi connectivity index (χ3v) is 4.84. The van der Waals surface area contributed by atoms with Gasteiger partial charge in [-0.05, 0) is 43.6 Å². The lowest BCUT2D eigenvalue weighted by atomic mass is 9.58. The van der Waals surface area contributed by atoms with E-state index in [0.717, 1.165) is 0 Å². The van der Waals surface area contributed by atoms with Crippen molar-refractivity contribution in [2.24, 2.45) is 0 Å². The number of hydrogen-bond donors (Lipinski definition) is 5. The van der Waals surface area contributed by atoms with E-state index in [1.54, 1.807) is 0 Å². The van der Waals surface area contributed by atoms with Crippen LogP contribution in [0, 0.1) is 0 Å². The normalized spacial score (nSPS) is 21.0. The molecule has 4 atom stereocenters. The number of carbonyl (C=O) groups excluding carboxylic acids is 5. The summed E-state index contributed by atoms with van der Waals surface area (Å²) in [6, 6.07) is 0. The molecule has 0 aliphatic heterocycles. The summed E-state index contributed by atoms with van der Waals surface area (Å²) in [5, 5.41) is 51.7. The van der Waals surface area contributed by atoms with Crippen molar-refractivity contribution in [3.05, 3.63) is 0 Å². The van der Waals surface area contributed by atoms with Crippen LogP contribution in [-0.4, -0.2) is 82.4 Å². The zero-order chi connectivity index (χ0) is 20.6. The molecule has 0 heterocycles. The molecule has 0 aromatic carbocycles. The van der Waals surface area contributed by atoms with E-state index in [4.69, 9.17) is 0 Å². The van der Waals surface area contributed by atoms with E-state index in [0.29, 0.717) is 27.7 Å². The molecule has 0 radical (unpaired) electrons. The number of aliphatic hydroxyl groups excluding tert-OH is 1. The molecule has 0 aliphatic carbocycles. The zero-order valence-corrected chi connectivity index (χ0v) is 15.4. The van der Waals surface area contributed by atoms with E-state index in [1.807, 2.05) is 0 Å². The lowest BCUT2D eigenvalue weighted by molar-refractivity contribution is -0.263. The molecule has 0 rings (SSSR count). The average molecular weight is 427 g/mol. The van der Waals surface area contributed by atoms with Gasteiger partial charge in [0.25, 0.3) is 0 Å². The summed E-state index contributed by atoms with van der Waals surface area (Å²) < 4.78 is -1.73. The first kappa shape index (κ1) is 23.6. The van der Waals surface area contributed by atoms with Crippen LogP contribution in [0.1, 0.15) is 27.7 Å². The number of hydrogen-bond acceptors (Lipinski definition) is 10. The first-order chi connectivity index (χ1) is 11.0. The molecule has 11 heteroatoms. The highest BCUT2D eigenvalue weighted by Gasteiger charge is 2.78. The highest BCUT2D eigenvalue weighted by atomic mass is 79.9. The van der Waals surface area contributed by atoms with Crippen molar-refractivity contribution in [2.45, 2.75) is 50.1 Å². The molecule has 0 spiro atoms. The van der Waals surface area contributed by atoms with Crippen molar-refractivity contribution in [2.75, 3.05) is 6.61 Å². The average Bonchev–Trinajstić information content (AvgIpc) is 2.49. The van der Waals surface area contributed by atoms with Crippen molar-refractivity contribution in [1.29, 1.82) is 0 Å². The fourth-order valence-electron chi connectivity index (χ4n) is 2.63. The van der Waals surface area contributed by atoms with Crippen LogP contribution < -0.4 is 0 Å². The Morgan fingerprint density at radius 1 is 0.720 bits per heavy atom. The van der Waals surface area contributed by atoms with E-state index in [2.05, 4.69) is 15.9 Å². The second-order valence-electron chi connectivity index (χ2n) is 5.65. The summed E-state index contributed by atoms with van der Waals surface area (Å²) in [4.78, 5) is 59.6. The molecule has 0 bridgehead atoms. The number of ketones is 4. The predicted molar refractivity (Wildman–Crippen MR) is 83.5 cm³/mol. The smallest absolute Gasteiger partial charge is 0.240 e. The Morgan fingerprint density at radius 2 is 1.08 bits per heavy atom. The fraction of sp³-hybridized carbons (Fsp3) is 0.643. The zero-order valence-electron chi connectivity index (χ0n) is 13.9. The minimum atomic E-state index is -4.01. The Morgan fingerprint density at radius 3 is 1.24 bits per heavy atom. The molecule has 0 aromatic rings. The van der Waals surface area contributed by atoms with Crippen molar-refractivity contribution in [3.63, 3.8) is 0 Å². The van der Waals surface area contributed by atoms with Crippen LogP contribution in [0.5, 0.6) is 0 Å². The molecule has 0 unspecified atom stereocenters. The third-order valence-electron chi connectivity index (χ3n) is 4.27. The molecule has 5 N–H and O–H groups in total. The summed E-state index contributed by atoms with van der Waals surface area (Å²) in [5.41, 5.74) is -15.2. The summed E-state index contributed by atoms with van der Waals surface area (Å²) in [6.07, 6.45) is 0. The number of Topliss-reactive ketones (excluding diaryl/α,β-unsaturated/α-hetero) is 4. The van der Waals surface area contributed by atoms with Gasteiger partial charge in [-0.3, -0.25) is 24.0 Å². The maximum absolute atomic E-state index is 12.1. The Kier molecular flexibility index (Phi) is 6.71. The predicted octanol–water partition coefficient (Wildman–Crippen LogP) is -2.82. The molecule has 142 valence electrons. The van der Waals surface area contributed by atoms with E-state index < -0.39 is 56.8 Å². The maximum atomic E-state index is 12.1. The maximum Gasteiger partial charge on any atom is 0.240 e. The first-order valence-corrected chi connectivity index (χ1v) is 7.57. The van der Waals surface area contributed by atoms with E-state index in [-0.39, 0.29) is 0 Å². The van der Waals surface area contributed by atoms with Gasteiger partial charge in [0.2, 0.25) is 21.5 Å². The van der Waals surface area contributed by atoms with Crippen molar-refractivity contribution < 1.29 is 49.5 Å². The van der Waals surface area contributed by atoms with Crippen molar-refractivity contribution >= 4 is 43.8 Å². The lowest BCUT2D eigenvalue weighted by Gasteiger charge is -2.51. The van der Waals surface area contributed by atoms with Gasteiger partial charge in [0, 0.05) is 0 Å². The largest absolute Gasteiger partial charge is 0.393 e. The fourth-order valence-corrected chi connectivity index (χ4v) is 3.20. The van der Waals surface area contributed by atoms with Gasteiger partial charge < -0.3 is 25.5 Å². The summed E-state index contributed by atoms with van der Waals surface area (Å²) >= 11 is 2.20. The number of aliphatic hydroxyl groups is 5. The van der Waals surface area contributed by atoms with Crippen molar-refractivity contribution in [3.8, 4) is 0 Å². The minimum Gasteiger partial charge on any atom is -0.393 e. The molecule has 25 heavy (non-hydrogen) atoms. The number of carbonyl (C=O) groups is 5. The number of halogens is 1. The monoisotopic (exact) mass is 426 g/mol. The molecule has 0 saturated heterocycles. The van der Waals surface area contributed by atoms with Crippen molar-refractivity contribution in [1.82, 2.24) is 0 Å². The third kappa shape index (κ3) is 2.80. The Labute approximate surface area is 150 Å². The quantitative estimate of drug-likeness (QED) is 0.190. The Balaban J connectivity index is 7.44.